The maximum Gasteiger partial charge on any atom is 0.328 e. The van der Waals surface area contributed by atoms with Crippen molar-refractivity contribution >= 4 is 46.5 Å². The van der Waals surface area contributed by atoms with Crippen LogP contribution < -0.4 is 21.9 Å². The number of rotatable bonds is 7. The molecule has 0 radical (unpaired) electrons. The summed E-state index contributed by atoms with van der Waals surface area (Å²) in [5, 5.41) is 10.1. The first-order valence-electron chi connectivity index (χ1n) is 11.2. The van der Waals surface area contributed by atoms with Gasteiger partial charge in [0.05, 0.1) is 21.8 Å². The third-order valence-corrected chi connectivity index (χ3v) is 6.03. The van der Waals surface area contributed by atoms with Crippen molar-refractivity contribution in [2.45, 2.75) is 6.04 Å². The van der Waals surface area contributed by atoms with E-state index in [0.717, 1.165) is 10.5 Å². The van der Waals surface area contributed by atoms with E-state index in [0.29, 0.717) is 45.4 Å². The van der Waals surface area contributed by atoms with Crippen LogP contribution >= 0.6 is 11.6 Å². The molecular weight excluding hydrogens is 508 g/mol. The number of hydrogen-bond acceptors (Lipinski definition) is 7. The number of nitrogens with one attached hydrogen (secondary N) is 1. The summed E-state index contributed by atoms with van der Waals surface area (Å²) >= 11 is 6.35. The van der Waals surface area contributed by atoms with Crippen molar-refractivity contribution in [3.05, 3.63) is 88.7 Å². The molecule has 4 rings (SSSR count). The second-order valence-electron chi connectivity index (χ2n) is 8.02. The van der Waals surface area contributed by atoms with Crippen LogP contribution in [-0.2, 0) is 9.59 Å². The van der Waals surface area contributed by atoms with Crippen LogP contribution in [0.2, 0.25) is 5.02 Å². The zero-order valence-electron chi connectivity index (χ0n) is 19.8. The number of nitrogens with zero attached hydrogens (tertiary/aromatic N) is 3. The number of carboxylic acid groups (broad SMARTS) is 1. The number of aliphatic carboxylic acids is 1. The fourth-order valence-corrected chi connectivity index (χ4v) is 3.98. The summed E-state index contributed by atoms with van der Waals surface area (Å²) in [4.78, 5) is 44.9. The van der Waals surface area contributed by atoms with Gasteiger partial charge in [-0.25, -0.2) is 15.6 Å². The number of nitrogen functional groups attached to an aromatic ring is 1. The number of pyridine rings is 2. The summed E-state index contributed by atoms with van der Waals surface area (Å²) in [7, 11) is 0. The molecule has 0 aliphatic heterocycles. The van der Waals surface area contributed by atoms with Gasteiger partial charge in [-0.15, -0.1) is 0 Å². The molecule has 0 saturated carbocycles. The average molecular weight is 529 g/mol. The number of aromatic nitrogens is 2. The first-order chi connectivity index (χ1) is 18.4. The minimum atomic E-state index is -1.22. The van der Waals surface area contributed by atoms with Gasteiger partial charge >= 0.3 is 5.97 Å². The van der Waals surface area contributed by atoms with Gasteiger partial charge in [-0.2, -0.15) is 0 Å². The van der Waals surface area contributed by atoms with Gasteiger partial charge < -0.3 is 10.8 Å². The van der Waals surface area contributed by atoms with Crippen molar-refractivity contribution in [2.75, 3.05) is 11.4 Å². The topological polar surface area (TPSA) is 165 Å². The van der Waals surface area contributed by atoms with Crippen molar-refractivity contribution in [1.29, 1.82) is 0 Å². The van der Waals surface area contributed by atoms with E-state index in [1.165, 1.54) is 6.07 Å². The van der Waals surface area contributed by atoms with Gasteiger partial charge in [0.2, 0.25) is 6.41 Å². The van der Waals surface area contributed by atoms with Crippen LogP contribution in [0, 0.1) is 11.8 Å². The van der Waals surface area contributed by atoms with Crippen LogP contribution in [-0.4, -0.2) is 45.9 Å². The lowest BCUT2D eigenvalue weighted by molar-refractivity contribution is -0.139. The van der Waals surface area contributed by atoms with E-state index in [4.69, 9.17) is 23.2 Å². The Balaban J connectivity index is 1.59. The number of amides is 2. The number of hydrogen-bond donors (Lipinski definition) is 4. The summed E-state index contributed by atoms with van der Waals surface area (Å²) in [6, 6.07) is 14.0. The first kappa shape index (κ1) is 26.2. The van der Waals surface area contributed by atoms with Crippen molar-refractivity contribution in [2.24, 2.45) is 11.6 Å². The van der Waals surface area contributed by atoms with Gasteiger partial charge in [0.25, 0.3) is 5.91 Å². The molecule has 0 aliphatic rings. The van der Waals surface area contributed by atoms with Crippen LogP contribution in [0.3, 0.4) is 0 Å². The summed E-state index contributed by atoms with van der Waals surface area (Å²) in [6.45, 7) is -0.253. The van der Waals surface area contributed by atoms with Crippen molar-refractivity contribution in [3.8, 4) is 23.1 Å². The zero-order valence-corrected chi connectivity index (χ0v) is 20.5. The maximum absolute atomic E-state index is 12.3. The number of fused-ring (bicyclic) bond motifs is 1. The predicted octanol–water partition coefficient (Wildman–Crippen LogP) is 2.33. The number of nitrogens with two attached hydrogens (primary N) is 2. The van der Waals surface area contributed by atoms with Crippen molar-refractivity contribution < 1.29 is 19.5 Å². The molecule has 0 saturated heterocycles. The highest BCUT2D eigenvalue weighted by atomic mass is 35.5. The third kappa shape index (κ3) is 5.45. The number of halogens is 1. The van der Waals surface area contributed by atoms with Crippen molar-refractivity contribution in [1.82, 2.24) is 15.4 Å². The molecule has 1 unspecified atom stereocenters. The molecule has 1 atom stereocenters. The van der Waals surface area contributed by atoms with E-state index in [1.54, 1.807) is 48.8 Å². The largest absolute Gasteiger partial charge is 0.480 e. The number of hydrazine groups is 1. The second kappa shape index (κ2) is 11.5. The molecule has 0 fully saturated rings. The normalized spacial score (nSPS) is 11.2. The van der Waals surface area contributed by atoms with Crippen LogP contribution in [0.1, 0.15) is 21.5 Å². The molecule has 2 aromatic carbocycles. The summed E-state index contributed by atoms with van der Waals surface area (Å²) in [5.41, 5.74) is 11.4. The molecule has 2 aromatic heterocycles. The molecule has 2 heterocycles. The Morgan fingerprint density at radius 3 is 2.53 bits per heavy atom. The highest BCUT2D eigenvalue weighted by Gasteiger charge is 2.24. The number of carboxylic acids is 1. The molecule has 0 bridgehead atoms. The molecule has 10 nitrogen and oxygen atoms in total. The minimum absolute atomic E-state index is 0.250. The summed E-state index contributed by atoms with van der Waals surface area (Å²) in [5.74, 6) is 9.67. The Kier molecular flexibility index (Phi) is 7.94. The summed E-state index contributed by atoms with van der Waals surface area (Å²) in [6.07, 6.45) is 3.56. The van der Waals surface area contributed by atoms with E-state index >= 15 is 0 Å². The van der Waals surface area contributed by atoms with Crippen LogP contribution in [0.5, 0.6) is 0 Å². The highest BCUT2D eigenvalue weighted by Crippen LogP contribution is 2.26. The van der Waals surface area contributed by atoms with Crippen molar-refractivity contribution in [3.63, 3.8) is 0 Å². The van der Waals surface area contributed by atoms with Gasteiger partial charge in [-0.1, -0.05) is 35.6 Å². The monoisotopic (exact) mass is 528 g/mol. The first-order valence-corrected chi connectivity index (χ1v) is 11.6. The molecule has 0 spiro atoms. The standard InChI is InChI=1S/C27H21ClN6O4/c28-22-11-19(34(15-35)25(13-29)27(37)38)8-7-17(22)4-1-16-2-5-18(6-3-16)24-12-20(26(36)33-30)21-14-31-10-9-23(21)32-24/h2-3,5-12,14-15,25H,13,29-30H2,(H,33,36)(H,37,38). The number of carbonyl (C=O) groups is 3. The fraction of sp³-hybridized carbons (Fsp3) is 0.0741. The Morgan fingerprint density at radius 1 is 1.13 bits per heavy atom. The zero-order chi connectivity index (χ0) is 27.2. The van der Waals surface area contributed by atoms with Gasteiger partial charge in [0.15, 0.2) is 0 Å². The van der Waals surface area contributed by atoms with E-state index in [2.05, 4.69) is 27.2 Å². The quantitative estimate of drug-likeness (QED) is 0.0932. The minimum Gasteiger partial charge on any atom is -0.480 e. The number of anilines is 1. The molecule has 2 amide bonds. The van der Waals surface area contributed by atoms with E-state index in [9.17, 15) is 19.5 Å². The lowest BCUT2D eigenvalue weighted by Crippen LogP contribution is -2.45. The third-order valence-electron chi connectivity index (χ3n) is 5.72. The Morgan fingerprint density at radius 2 is 1.89 bits per heavy atom. The molecule has 4 aromatic rings. The van der Waals surface area contributed by atoms with Gasteiger partial charge in [-0.05, 0) is 42.5 Å². The van der Waals surface area contributed by atoms with Crippen LogP contribution in [0.15, 0.2) is 67.0 Å². The Labute approximate surface area is 222 Å². The van der Waals surface area contributed by atoms with Gasteiger partial charge in [-0.3, -0.25) is 24.9 Å². The average Bonchev–Trinajstić information content (AvgIpc) is 2.94. The fourth-order valence-electron chi connectivity index (χ4n) is 3.76. The lowest BCUT2D eigenvalue weighted by Gasteiger charge is -2.24. The molecule has 0 aliphatic carbocycles. The molecule has 11 heteroatoms. The van der Waals surface area contributed by atoms with Gasteiger partial charge in [0.1, 0.15) is 6.04 Å². The Bertz CT molecular complexity index is 1600. The SMILES string of the molecule is NCC(C(=O)O)N(C=O)c1ccc(C#Cc2ccc(-c3cc(C(=O)NN)c4cnccc4n3)cc2)c(Cl)c1. The molecule has 6 N–H and O–H groups in total. The molecule has 190 valence electrons. The van der Waals surface area contributed by atoms with Crippen LogP contribution in [0.4, 0.5) is 5.69 Å². The maximum atomic E-state index is 12.3. The predicted molar refractivity (Wildman–Crippen MR) is 143 cm³/mol. The smallest absolute Gasteiger partial charge is 0.328 e. The van der Waals surface area contributed by atoms with E-state index in [-0.39, 0.29) is 11.6 Å². The number of benzene rings is 2. The van der Waals surface area contributed by atoms with Crippen LogP contribution in [0.25, 0.3) is 22.2 Å². The lowest BCUT2D eigenvalue weighted by atomic mass is 10.0. The van der Waals surface area contributed by atoms with E-state index < -0.39 is 17.9 Å². The van der Waals surface area contributed by atoms with E-state index in [1.807, 2.05) is 12.1 Å². The Hall–Kier alpha value is -4.82. The second-order valence-corrected chi connectivity index (χ2v) is 8.42. The molecule has 38 heavy (non-hydrogen) atoms. The molecular formula is C27H21ClN6O4. The van der Waals surface area contributed by atoms with Gasteiger partial charge in [0, 0.05) is 46.7 Å². The summed E-state index contributed by atoms with van der Waals surface area (Å²) < 4.78 is 0. The number of carbonyl (C=O) groups excluding carboxylic acids is 2. The highest BCUT2D eigenvalue weighted by molar-refractivity contribution is 6.32.